The van der Waals surface area contributed by atoms with Gasteiger partial charge in [0.05, 0.1) is 5.39 Å². The van der Waals surface area contributed by atoms with Crippen LogP contribution in [0.3, 0.4) is 0 Å². The molecule has 1 amide bonds. The molecule has 9 heteroatoms. The van der Waals surface area contributed by atoms with E-state index in [9.17, 15) is 4.79 Å². The van der Waals surface area contributed by atoms with Crippen molar-refractivity contribution in [1.82, 2.24) is 19.8 Å². The van der Waals surface area contributed by atoms with E-state index in [4.69, 9.17) is 15.7 Å². The average molecular weight is 562 g/mol. The molecule has 3 aliphatic heterocycles. The van der Waals surface area contributed by atoms with E-state index in [1.54, 1.807) is 11.3 Å². The molecule has 5 heterocycles. The van der Waals surface area contributed by atoms with Crippen LogP contribution in [0, 0.1) is 11.8 Å². The number of hydrogen-bond acceptors (Lipinski definition) is 8. The van der Waals surface area contributed by atoms with Gasteiger partial charge in [0, 0.05) is 56.1 Å². The molecule has 3 saturated heterocycles. The summed E-state index contributed by atoms with van der Waals surface area (Å²) >= 11 is 1.71. The standard InChI is InChI=1S/C31H43N7OS/c1-35(2)25-11-13-36(14-12-25)19-22-8-15-37(16-9-22)29-28-26(24-6-4-3-5-7-24)21-40-30(28)34-31(33-29)38-17-10-23(20-38)18-27(32)39/h3-7,21-23,25H,8-20H2,1-2H3,(H2,32,39). The van der Waals surface area contributed by atoms with Gasteiger partial charge in [-0.2, -0.15) is 4.98 Å². The Labute approximate surface area is 242 Å². The van der Waals surface area contributed by atoms with Gasteiger partial charge in [-0.25, -0.2) is 4.98 Å². The minimum Gasteiger partial charge on any atom is -0.370 e. The number of carbonyl (C=O) groups is 1. The van der Waals surface area contributed by atoms with E-state index < -0.39 is 0 Å². The molecule has 3 aliphatic rings. The summed E-state index contributed by atoms with van der Waals surface area (Å²) in [5, 5.41) is 3.42. The number of benzene rings is 1. The van der Waals surface area contributed by atoms with Gasteiger partial charge in [0.1, 0.15) is 10.6 Å². The highest BCUT2D eigenvalue weighted by atomic mass is 32.1. The molecule has 3 fully saturated rings. The predicted octanol–water partition coefficient (Wildman–Crippen LogP) is 4.30. The minimum atomic E-state index is -0.223. The Morgan fingerprint density at radius 3 is 2.35 bits per heavy atom. The number of nitrogens with zero attached hydrogens (tertiary/aromatic N) is 6. The Morgan fingerprint density at radius 1 is 0.950 bits per heavy atom. The summed E-state index contributed by atoms with van der Waals surface area (Å²) in [6.07, 6.45) is 6.35. The van der Waals surface area contributed by atoms with Crippen molar-refractivity contribution in [2.24, 2.45) is 17.6 Å². The molecule has 1 atom stereocenters. The molecule has 40 heavy (non-hydrogen) atoms. The number of anilines is 2. The third-order valence-corrected chi connectivity index (χ3v) is 10.1. The molecule has 3 aromatic rings. The molecule has 0 saturated carbocycles. The number of thiophene rings is 1. The van der Waals surface area contributed by atoms with Crippen LogP contribution in [-0.4, -0.2) is 91.6 Å². The first-order valence-corrected chi connectivity index (χ1v) is 15.8. The molecule has 0 aliphatic carbocycles. The summed E-state index contributed by atoms with van der Waals surface area (Å²) in [5.74, 6) is 2.67. The van der Waals surface area contributed by atoms with Crippen molar-refractivity contribution in [2.45, 2.75) is 44.6 Å². The summed E-state index contributed by atoms with van der Waals surface area (Å²) < 4.78 is 0. The van der Waals surface area contributed by atoms with E-state index in [1.165, 1.54) is 61.8 Å². The van der Waals surface area contributed by atoms with E-state index >= 15 is 0 Å². The molecule has 2 aromatic heterocycles. The van der Waals surface area contributed by atoms with E-state index in [2.05, 4.69) is 69.4 Å². The van der Waals surface area contributed by atoms with Crippen molar-refractivity contribution >= 4 is 39.2 Å². The van der Waals surface area contributed by atoms with E-state index in [1.807, 2.05) is 0 Å². The quantitative estimate of drug-likeness (QED) is 0.439. The fourth-order valence-corrected chi connectivity index (χ4v) is 7.83. The average Bonchev–Trinajstić information content (AvgIpc) is 3.61. The summed E-state index contributed by atoms with van der Waals surface area (Å²) in [6, 6.07) is 11.4. The third-order valence-electron chi connectivity index (χ3n) is 9.26. The first kappa shape index (κ1) is 27.4. The Morgan fingerprint density at radius 2 is 1.65 bits per heavy atom. The van der Waals surface area contributed by atoms with Gasteiger partial charge in [0.15, 0.2) is 0 Å². The van der Waals surface area contributed by atoms with Crippen LogP contribution in [0.25, 0.3) is 21.3 Å². The molecular weight excluding hydrogens is 518 g/mol. The predicted molar refractivity (Wildman–Crippen MR) is 165 cm³/mol. The third kappa shape index (κ3) is 5.97. The number of nitrogens with two attached hydrogens (primary N) is 1. The number of likely N-dealkylation sites (tertiary alicyclic amines) is 1. The second kappa shape index (κ2) is 12.0. The van der Waals surface area contributed by atoms with Crippen LogP contribution in [0.2, 0.25) is 0 Å². The van der Waals surface area contributed by atoms with Crippen molar-refractivity contribution in [3.63, 3.8) is 0 Å². The van der Waals surface area contributed by atoms with Gasteiger partial charge in [0.2, 0.25) is 11.9 Å². The van der Waals surface area contributed by atoms with E-state index in [0.717, 1.165) is 61.2 Å². The maximum Gasteiger partial charge on any atom is 0.228 e. The van der Waals surface area contributed by atoms with Crippen molar-refractivity contribution in [1.29, 1.82) is 0 Å². The van der Waals surface area contributed by atoms with Gasteiger partial charge in [-0.05, 0) is 76.7 Å². The molecule has 6 rings (SSSR count). The van der Waals surface area contributed by atoms with Gasteiger partial charge in [-0.1, -0.05) is 30.3 Å². The van der Waals surface area contributed by atoms with Crippen molar-refractivity contribution in [3.05, 3.63) is 35.7 Å². The van der Waals surface area contributed by atoms with Crippen molar-refractivity contribution < 1.29 is 4.79 Å². The number of hydrogen-bond donors (Lipinski definition) is 1. The lowest BCUT2D eigenvalue weighted by molar-refractivity contribution is -0.118. The number of carbonyl (C=O) groups excluding carboxylic acids is 1. The van der Waals surface area contributed by atoms with Crippen LogP contribution < -0.4 is 15.5 Å². The summed E-state index contributed by atoms with van der Waals surface area (Å²) in [5.41, 5.74) is 7.94. The van der Waals surface area contributed by atoms with Crippen LogP contribution in [0.15, 0.2) is 35.7 Å². The number of aromatic nitrogens is 2. The monoisotopic (exact) mass is 561 g/mol. The molecule has 2 N–H and O–H groups in total. The maximum atomic E-state index is 11.5. The smallest absolute Gasteiger partial charge is 0.228 e. The van der Waals surface area contributed by atoms with Crippen molar-refractivity contribution in [2.75, 3.05) is 69.7 Å². The van der Waals surface area contributed by atoms with Crippen LogP contribution in [0.1, 0.15) is 38.5 Å². The van der Waals surface area contributed by atoms with Crippen LogP contribution in [0.4, 0.5) is 11.8 Å². The number of piperidine rings is 2. The number of fused-ring (bicyclic) bond motifs is 1. The Kier molecular flexibility index (Phi) is 8.23. The molecule has 214 valence electrons. The maximum absolute atomic E-state index is 11.5. The fourth-order valence-electron chi connectivity index (χ4n) is 6.89. The van der Waals surface area contributed by atoms with Crippen LogP contribution >= 0.6 is 11.3 Å². The fraction of sp³-hybridized carbons (Fsp3) is 0.581. The molecule has 0 spiro atoms. The zero-order valence-corrected chi connectivity index (χ0v) is 24.8. The molecule has 8 nitrogen and oxygen atoms in total. The summed E-state index contributed by atoms with van der Waals surface area (Å²) in [7, 11) is 4.43. The zero-order valence-electron chi connectivity index (χ0n) is 24.0. The molecule has 0 bridgehead atoms. The van der Waals surface area contributed by atoms with Crippen molar-refractivity contribution in [3.8, 4) is 11.1 Å². The molecular formula is C31H43N7OS. The van der Waals surface area contributed by atoms with E-state index in [-0.39, 0.29) is 11.8 Å². The lowest BCUT2D eigenvalue weighted by Crippen LogP contribution is -2.45. The Balaban J connectivity index is 1.22. The first-order chi connectivity index (χ1) is 19.4. The SMILES string of the molecule is CN(C)C1CCN(CC2CCN(c3nc(N4CCC(CC(N)=O)C4)nc4scc(-c5ccccc5)c34)CC2)CC1. The van der Waals surface area contributed by atoms with E-state index in [0.29, 0.717) is 6.42 Å². The highest BCUT2D eigenvalue weighted by molar-refractivity contribution is 7.17. The Bertz CT molecular complexity index is 1300. The van der Waals surface area contributed by atoms with Gasteiger partial charge < -0.3 is 25.3 Å². The summed E-state index contributed by atoms with van der Waals surface area (Å²) in [6.45, 7) is 7.38. The lowest BCUT2D eigenvalue weighted by Gasteiger charge is -2.39. The van der Waals surface area contributed by atoms with Gasteiger partial charge >= 0.3 is 0 Å². The molecule has 0 radical (unpaired) electrons. The number of amides is 1. The lowest BCUT2D eigenvalue weighted by atomic mass is 9.94. The van der Waals surface area contributed by atoms with Gasteiger partial charge in [0.25, 0.3) is 0 Å². The topological polar surface area (TPSA) is 81.8 Å². The van der Waals surface area contributed by atoms with Gasteiger partial charge in [-0.15, -0.1) is 11.3 Å². The largest absolute Gasteiger partial charge is 0.370 e. The normalized spacial score (nSPS) is 21.6. The molecule has 1 unspecified atom stereocenters. The van der Waals surface area contributed by atoms with Crippen LogP contribution in [-0.2, 0) is 4.79 Å². The zero-order chi connectivity index (χ0) is 27.6. The highest BCUT2D eigenvalue weighted by Crippen LogP contribution is 2.41. The minimum absolute atomic E-state index is 0.223. The second-order valence-corrected chi connectivity index (χ2v) is 13.1. The number of primary amides is 1. The van der Waals surface area contributed by atoms with Gasteiger partial charge in [-0.3, -0.25) is 4.79 Å². The second-order valence-electron chi connectivity index (χ2n) is 12.2. The number of rotatable bonds is 8. The summed E-state index contributed by atoms with van der Waals surface area (Å²) in [4.78, 5) is 32.7. The molecule has 1 aromatic carbocycles. The first-order valence-electron chi connectivity index (χ1n) is 15.0. The highest BCUT2D eigenvalue weighted by Gasteiger charge is 2.30. The van der Waals surface area contributed by atoms with Crippen LogP contribution in [0.5, 0.6) is 0 Å². The Hall–Kier alpha value is -2.75.